The Hall–Kier alpha value is -3.54. The van der Waals surface area contributed by atoms with Gasteiger partial charge in [-0.15, -0.1) is 4.31 Å². The molecule has 10 nitrogen and oxygen atoms in total. The van der Waals surface area contributed by atoms with Crippen molar-refractivity contribution in [2.75, 3.05) is 39.0 Å². The lowest BCUT2D eigenvalue weighted by atomic mass is 10.1. The molecule has 1 saturated heterocycles. The maximum Gasteiger partial charge on any atom is 0.269 e. The topological polar surface area (TPSA) is 112 Å². The first kappa shape index (κ1) is 29.9. The number of nitrogens with zero attached hydrogens (tertiary/aromatic N) is 4. The third kappa shape index (κ3) is 7.08. The number of piperazine rings is 1. The summed E-state index contributed by atoms with van der Waals surface area (Å²) in [5.41, 5.74) is 3.85. The van der Waals surface area contributed by atoms with Crippen molar-refractivity contribution < 1.29 is 23.6 Å². The van der Waals surface area contributed by atoms with Crippen LogP contribution in [0.5, 0.6) is 11.5 Å². The summed E-state index contributed by atoms with van der Waals surface area (Å²) in [6.07, 6.45) is 3.14. The Morgan fingerprint density at radius 1 is 1.10 bits per heavy atom. The van der Waals surface area contributed by atoms with E-state index in [0.29, 0.717) is 67.2 Å². The minimum Gasteiger partial charge on any atom is -0.598 e. The summed E-state index contributed by atoms with van der Waals surface area (Å²) < 4.78 is 27.6. The van der Waals surface area contributed by atoms with Crippen LogP contribution in [-0.4, -0.2) is 74.4 Å². The van der Waals surface area contributed by atoms with E-state index in [9.17, 15) is 14.1 Å². The summed E-state index contributed by atoms with van der Waals surface area (Å²) >= 11 is -0.965. The normalized spacial score (nSPS) is 16.2. The Kier molecular flexibility index (Phi) is 9.71. The number of carbonyl (C=O) groups excluding carboxylic acids is 2. The molecule has 2 aliphatic rings. The molecule has 1 saturated carbocycles. The number of methoxy groups -OCH3 is 1. The summed E-state index contributed by atoms with van der Waals surface area (Å²) in [7, 11) is 3.37. The van der Waals surface area contributed by atoms with Gasteiger partial charge in [0.15, 0.2) is 11.5 Å². The minimum absolute atomic E-state index is 0.0188. The van der Waals surface area contributed by atoms with E-state index in [4.69, 9.17) is 9.47 Å². The molecule has 0 radical (unpaired) electrons. The number of aromatic nitrogens is 2. The fraction of sp³-hybridized carbons (Fsp3) is 0.452. The van der Waals surface area contributed by atoms with Crippen LogP contribution in [-0.2, 0) is 31.6 Å². The van der Waals surface area contributed by atoms with Crippen molar-refractivity contribution in [1.82, 2.24) is 24.3 Å². The number of rotatable bonds is 12. The van der Waals surface area contributed by atoms with E-state index >= 15 is 0 Å². The third-order valence-electron chi connectivity index (χ3n) is 7.62. The molecule has 1 aliphatic carbocycles. The predicted molar refractivity (Wildman–Crippen MR) is 161 cm³/mol. The van der Waals surface area contributed by atoms with Crippen LogP contribution in [0, 0.1) is 0 Å². The molecule has 3 aromatic rings. The lowest BCUT2D eigenvalue weighted by Crippen LogP contribution is -2.51. The molecular weight excluding hydrogens is 554 g/mol. The molecule has 0 bridgehead atoms. The van der Waals surface area contributed by atoms with Crippen LogP contribution in [0.1, 0.15) is 69.8 Å². The van der Waals surface area contributed by atoms with Crippen LogP contribution in [0.3, 0.4) is 0 Å². The highest BCUT2D eigenvalue weighted by molar-refractivity contribution is 7.89. The van der Waals surface area contributed by atoms with Crippen molar-refractivity contribution in [2.24, 2.45) is 7.05 Å². The molecule has 1 unspecified atom stereocenters. The van der Waals surface area contributed by atoms with Gasteiger partial charge in [-0.3, -0.25) is 14.3 Å². The Morgan fingerprint density at radius 3 is 2.50 bits per heavy atom. The molecule has 0 spiro atoms. The summed E-state index contributed by atoms with van der Waals surface area (Å²) in [5.74, 6) is 2.07. The number of nitrogens with one attached hydrogen (secondary N) is 1. The second-order valence-corrected chi connectivity index (χ2v) is 12.3. The smallest absolute Gasteiger partial charge is 0.269 e. The molecule has 5 rings (SSSR count). The van der Waals surface area contributed by atoms with Gasteiger partial charge < -0.3 is 24.2 Å². The first-order valence-electron chi connectivity index (χ1n) is 14.5. The monoisotopic (exact) mass is 593 g/mol. The molecule has 1 N–H and O–H groups in total. The van der Waals surface area contributed by atoms with Crippen LogP contribution in [0.15, 0.2) is 48.5 Å². The maximum absolute atomic E-state index is 13.0. The largest absolute Gasteiger partial charge is 0.598 e. The average Bonchev–Trinajstić information content (AvgIpc) is 3.79. The minimum atomic E-state index is -0.965. The number of amides is 2. The van der Waals surface area contributed by atoms with Gasteiger partial charge in [0.25, 0.3) is 11.8 Å². The molecule has 1 atom stereocenters. The van der Waals surface area contributed by atoms with Gasteiger partial charge in [-0.1, -0.05) is 31.2 Å². The Labute approximate surface area is 250 Å². The SMILES string of the molecule is CCC[S+]([O-])N1CCN(C(=O)c2ccc(COc3cccc(CNC(=O)c4cc(C5CC5)nn4C)c3OC)cc2)CC1. The van der Waals surface area contributed by atoms with E-state index in [1.54, 1.807) is 18.8 Å². The number of para-hydroxylation sites is 1. The van der Waals surface area contributed by atoms with Gasteiger partial charge in [-0.05, 0) is 49.1 Å². The standard InChI is InChI=1S/C31H39N5O5S/c1-4-18-42(39)36-16-14-35(15-17-36)31(38)24-10-8-22(9-11-24)21-41-28-7-5-6-25(29(28)40-3)20-32-30(37)27-19-26(23-12-13-23)33-34(27)2/h5-11,19,23H,4,12-18,20-21H2,1-3H3,(H,32,37). The van der Waals surface area contributed by atoms with Gasteiger partial charge in [0.05, 0.1) is 25.9 Å². The molecule has 2 fully saturated rings. The molecule has 1 aliphatic heterocycles. The van der Waals surface area contributed by atoms with E-state index in [1.165, 1.54) is 0 Å². The summed E-state index contributed by atoms with van der Waals surface area (Å²) in [5, 5.41) is 7.45. The summed E-state index contributed by atoms with van der Waals surface area (Å²) in [6, 6.07) is 14.9. The zero-order valence-electron chi connectivity index (χ0n) is 24.5. The average molecular weight is 594 g/mol. The number of hydrogen-bond donors (Lipinski definition) is 1. The van der Waals surface area contributed by atoms with Gasteiger partial charge in [-0.2, -0.15) is 5.10 Å². The van der Waals surface area contributed by atoms with Crippen molar-refractivity contribution in [1.29, 1.82) is 0 Å². The van der Waals surface area contributed by atoms with Crippen LogP contribution >= 0.6 is 0 Å². The quantitative estimate of drug-likeness (QED) is 0.319. The van der Waals surface area contributed by atoms with Crippen molar-refractivity contribution >= 4 is 23.2 Å². The second-order valence-electron chi connectivity index (χ2n) is 10.7. The second kappa shape index (κ2) is 13.6. The van der Waals surface area contributed by atoms with Gasteiger partial charge in [0.2, 0.25) is 0 Å². The summed E-state index contributed by atoms with van der Waals surface area (Å²) in [4.78, 5) is 27.7. The number of carbonyl (C=O) groups is 2. The molecule has 224 valence electrons. The Balaban J connectivity index is 1.14. The van der Waals surface area contributed by atoms with Crippen LogP contribution < -0.4 is 14.8 Å². The number of benzene rings is 2. The first-order chi connectivity index (χ1) is 20.4. The van der Waals surface area contributed by atoms with Crippen molar-refractivity contribution in [3.63, 3.8) is 0 Å². The predicted octanol–water partition coefficient (Wildman–Crippen LogP) is 3.65. The van der Waals surface area contributed by atoms with Crippen LogP contribution in [0.2, 0.25) is 0 Å². The van der Waals surface area contributed by atoms with Gasteiger partial charge >= 0.3 is 0 Å². The molecule has 42 heavy (non-hydrogen) atoms. The Bertz CT molecular complexity index is 1380. The van der Waals surface area contributed by atoms with Crippen LogP contribution in [0.25, 0.3) is 0 Å². The number of aryl methyl sites for hydroxylation is 1. The first-order valence-corrected chi connectivity index (χ1v) is 15.8. The van der Waals surface area contributed by atoms with Gasteiger partial charge in [-0.25, -0.2) is 0 Å². The highest BCUT2D eigenvalue weighted by Crippen LogP contribution is 2.39. The zero-order valence-corrected chi connectivity index (χ0v) is 25.3. The van der Waals surface area contributed by atoms with E-state index < -0.39 is 11.4 Å². The van der Waals surface area contributed by atoms with Crippen molar-refractivity contribution in [3.8, 4) is 11.5 Å². The van der Waals surface area contributed by atoms with E-state index in [1.807, 2.05) is 64.7 Å². The van der Waals surface area contributed by atoms with E-state index in [0.717, 1.165) is 36.1 Å². The lowest BCUT2D eigenvalue weighted by molar-refractivity contribution is 0.0698. The number of ether oxygens (including phenoxy) is 2. The fourth-order valence-electron chi connectivity index (χ4n) is 5.08. The molecule has 2 aromatic carbocycles. The van der Waals surface area contributed by atoms with Crippen molar-refractivity contribution in [2.45, 2.75) is 45.3 Å². The van der Waals surface area contributed by atoms with E-state index in [2.05, 4.69) is 10.4 Å². The lowest BCUT2D eigenvalue weighted by Gasteiger charge is -2.34. The fourth-order valence-corrected chi connectivity index (χ4v) is 6.26. The van der Waals surface area contributed by atoms with E-state index in [-0.39, 0.29) is 18.4 Å². The molecular formula is C31H39N5O5S. The third-order valence-corrected chi connectivity index (χ3v) is 9.32. The van der Waals surface area contributed by atoms with Crippen LogP contribution in [0.4, 0.5) is 0 Å². The number of hydrogen-bond acceptors (Lipinski definition) is 7. The molecule has 2 amide bonds. The highest BCUT2D eigenvalue weighted by atomic mass is 32.2. The van der Waals surface area contributed by atoms with Gasteiger partial charge in [0, 0.05) is 55.1 Å². The maximum atomic E-state index is 13.0. The molecule has 2 heterocycles. The Morgan fingerprint density at radius 2 is 1.83 bits per heavy atom. The highest BCUT2D eigenvalue weighted by Gasteiger charge is 2.29. The summed E-state index contributed by atoms with van der Waals surface area (Å²) in [6.45, 7) is 4.98. The zero-order chi connectivity index (χ0) is 29.6. The van der Waals surface area contributed by atoms with Gasteiger partial charge in [0.1, 0.15) is 18.1 Å². The molecule has 11 heteroatoms. The van der Waals surface area contributed by atoms with Crippen molar-refractivity contribution in [3.05, 3.63) is 76.6 Å². The molecule has 1 aromatic heterocycles.